The summed E-state index contributed by atoms with van der Waals surface area (Å²) in [6.07, 6.45) is 48.9. The van der Waals surface area contributed by atoms with Crippen LogP contribution in [0, 0.1) is 0 Å². The largest absolute Gasteiger partial charge is 0.394 e. The molecule has 0 spiro atoms. The first-order valence-electron chi connectivity index (χ1n) is 22.1. The fourth-order valence-electron chi connectivity index (χ4n) is 6.81. The summed E-state index contributed by atoms with van der Waals surface area (Å²) in [5.74, 6) is -0.478. The van der Waals surface area contributed by atoms with E-state index in [4.69, 9.17) is 0 Å². The van der Waals surface area contributed by atoms with Gasteiger partial charge in [-0.25, -0.2) is 0 Å². The van der Waals surface area contributed by atoms with Crippen molar-refractivity contribution in [2.45, 2.75) is 250 Å². The minimum Gasteiger partial charge on any atom is -0.394 e. The normalized spacial score (nSPS) is 13.8. The lowest BCUT2D eigenvalue weighted by Crippen LogP contribution is -2.49. The number of aliphatic hydroxyl groups is 3. The van der Waals surface area contributed by atoms with Crippen LogP contribution in [-0.4, -0.2) is 46.1 Å². The van der Waals surface area contributed by atoms with Crippen LogP contribution in [0.25, 0.3) is 0 Å². The van der Waals surface area contributed by atoms with Gasteiger partial charge in [0.1, 0.15) is 6.10 Å². The molecule has 0 bridgehead atoms. The van der Waals surface area contributed by atoms with Gasteiger partial charge in [0.25, 0.3) is 0 Å². The van der Waals surface area contributed by atoms with E-state index >= 15 is 0 Å². The molecule has 0 aromatic heterocycles. The van der Waals surface area contributed by atoms with E-state index in [1.165, 1.54) is 161 Å². The quantitative estimate of drug-likeness (QED) is 0.0377. The second kappa shape index (κ2) is 40.6. The van der Waals surface area contributed by atoms with Crippen molar-refractivity contribution in [3.8, 4) is 0 Å². The molecule has 3 atom stereocenters. The molecule has 296 valence electrons. The third-order valence-electron chi connectivity index (χ3n) is 10.3. The average molecular weight is 706 g/mol. The zero-order chi connectivity index (χ0) is 36.6. The summed E-state index contributed by atoms with van der Waals surface area (Å²) in [5.41, 5.74) is 0. The van der Waals surface area contributed by atoms with E-state index in [9.17, 15) is 20.1 Å². The summed E-state index contributed by atoms with van der Waals surface area (Å²) < 4.78 is 0. The topological polar surface area (TPSA) is 89.8 Å². The third kappa shape index (κ3) is 35.2. The van der Waals surface area contributed by atoms with Crippen molar-refractivity contribution in [1.29, 1.82) is 0 Å². The summed E-state index contributed by atoms with van der Waals surface area (Å²) in [4.78, 5) is 12.5. The van der Waals surface area contributed by atoms with Crippen LogP contribution in [0.15, 0.2) is 24.3 Å². The molecule has 0 aliphatic rings. The van der Waals surface area contributed by atoms with E-state index in [1.807, 2.05) is 0 Å². The summed E-state index contributed by atoms with van der Waals surface area (Å²) in [5, 5.41) is 33.3. The number of amides is 1. The maximum atomic E-state index is 12.5. The molecule has 0 radical (unpaired) electrons. The molecular weight excluding hydrogens is 618 g/mol. The molecule has 0 saturated carbocycles. The molecule has 1 amide bonds. The number of nitrogens with one attached hydrogen (secondary N) is 1. The van der Waals surface area contributed by atoms with Crippen molar-refractivity contribution >= 4 is 5.91 Å². The van der Waals surface area contributed by atoms with E-state index in [2.05, 4.69) is 43.5 Å². The Kier molecular flexibility index (Phi) is 39.6. The van der Waals surface area contributed by atoms with Crippen LogP contribution in [0.2, 0.25) is 0 Å². The summed E-state index contributed by atoms with van der Waals surface area (Å²) >= 11 is 0. The molecule has 5 heteroatoms. The van der Waals surface area contributed by atoms with Gasteiger partial charge in [0, 0.05) is 0 Å². The van der Waals surface area contributed by atoms with E-state index in [0.717, 1.165) is 44.9 Å². The standard InChI is InChI=1S/C45H87NO4/c1-3-5-7-9-11-13-15-17-19-20-21-22-23-24-25-26-28-30-32-34-36-38-40-44(49)45(50)46-42(41-47)43(48)39-37-35-33-31-29-27-18-16-14-12-10-8-6-4-2/h21-22,24-25,42-44,47-49H,3-20,23,26-41H2,1-2H3,(H,46,50)/b22-21-,25-24-. The highest BCUT2D eigenvalue weighted by Gasteiger charge is 2.23. The van der Waals surface area contributed by atoms with Gasteiger partial charge in [0.15, 0.2) is 0 Å². The molecule has 0 aliphatic heterocycles. The van der Waals surface area contributed by atoms with Crippen LogP contribution in [0.4, 0.5) is 0 Å². The first-order chi connectivity index (χ1) is 24.6. The number of allylic oxidation sites excluding steroid dienone is 4. The highest BCUT2D eigenvalue weighted by molar-refractivity contribution is 5.80. The first kappa shape index (κ1) is 48.8. The van der Waals surface area contributed by atoms with Crippen LogP contribution in [-0.2, 0) is 4.79 Å². The maximum Gasteiger partial charge on any atom is 0.249 e. The smallest absolute Gasteiger partial charge is 0.249 e. The van der Waals surface area contributed by atoms with Gasteiger partial charge in [0.05, 0.1) is 18.8 Å². The van der Waals surface area contributed by atoms with Gasteiger partial charge in [-0.3, -0.25) is 4.79 Å². The number of hydrogen-bond acceptors (Lipinski definition) is 4. The molecule has 0 heterocycles. The molecule has 0 rings (SSSR count). The zero-order valence-electron chi connectivity index (χ0n) is 33.5. The van der Waals surface area contributed by atoms with Crippen LogP contribution in [0.3, 0.4) is 0 Å². The minimum absolute atomic E-state index is 0.316. The van der Waals surface area contributed by atoms with Crippen molar-refractivity contribution in [3.05, 3.63) is 24.3 Å². The van der Waals surface area contributed by atoms with E-state index in [1.54, 1.807) is 0 Å². The molecule has 50 heavy (non-hydrogen) atoms. The fourth-order valence-corrected chi connectivity index (χ4v) is 6.81. The Labute approximate surface area is 312 Å². The van der Waals surface area contributed by atoms with Crippen molar-refractivity contribution in [2.24, 2.45) is 0 Å². The lowest BCUT2D eigenvalue weighted by Gasteiger charge is -2.23. The van der Waals surface area contributed by atoms with Crippen molar-refractivity contribution in [3.63, 3.8) is 0 Å². The van der Waals surface area contributed by atoms with Gasteiger partial charge < -0.3 is 20.6 Å². The summed E-state index contributed by atoms with van der Waals surface area (Å²) in [7, 11) is 0. The lowest BCUT2D eigenvalue weighted by atomic mass is 10.0. The Hall–Kier alpha value is -1.17. The summed E-state index contributed by atoms with van der Waals surface area (Å²) in [6, 6.07) is -0.714. The predicted molar refractivity (Wildman–Crippen MR) is 218 cm³/mol. The third-order valence-corrected chi connectivity index (χ3v) is 10.3. The van der Waals surface area contributed by atoms with Crippen molar-refractivity contribution in [2.75, 3.05) is 6.61 Å². The molecule has 0 fully saturated rings. The molecule has 0 aliphatic carbocycles. The Balaban J connectivity index is 3.64. The highest BCUT2D eigenvalue weighted by atomic mass is 16.3. The number of aliphatic hydroxyl groups excluding tert-OH is 3. The zero-order valence-corrected chi connectivity index (χ0v) is 33.5. The first-order valence-corrected chi connectivity index (χ1v) is 22.1. The Morgan fingerprint density at radius 2 is 0.820 bits per heavy atom. The predicted octanol–water partition coefficient (Wildman–Crippen LogP) is 12.6. The van der Waals surface area contributed by atoms with E-state index < -0.39 is 24.2 Å². The lowest BCUT2D eigenvalue weighted by molar-refractivity contribution is -0.131. The Morgan fingerprint density at radius 3 is 1.20 bits per heavy atom. The molecular formula is C45H87NO4. The van der Waals surface area contributed by atoms with Crippen molar-refractivity contribution < 1.29 is 20.1 Å². The van der Waals surface area contributed by atoms with Gasteiger partial charge >= 0.3 is 0 Å². The number of carbonyl (C=O) groups excluding carboxylic acids is 1. The van der Waals surface area contributed by atoms with Crippen LogP contribution < -0.4 is 5.32 Å². The van der Waals surface area contributed by atoms with E-state index in [0.29, 0.717) is 12.8 Å². The number of hydrogen-bond donors (Lipinski definition) is 4. The summed E-state index contributed by atoms with van der Waals surface area (Å²) in [6.45, 7) is 4.23. The van der Waals surface area contributed by atoms with Gasteiger partial charge in [-0.05, 0) is 44.9 Å². The van der Waals surface area contributed by atoms with Crippen molar-refractivity contribution in [1.82, 2.24) is 5.32 Å². The Bertz CT molecular complexity index is 739. The molecule has 0 aromatic carbocycles. The SMILES string of the molecule is CCCCCCCCCCC/C=C\C/C=C\CCCCCCCCC(O)C(=O)NC(CO)C(O)CCCCCCCCCCCCCCCC. The maximum absolute atomic E-state index is 12.5. The number of unbranched alkanes of at least 4 members (excludes halogenated alkanes) is 28. The van der Waals surface area contributed by atoms with Gasteiger partial charge in [-0.15, -0.1) is 0 Å². The molecule has 3 unspecified atom stereocenters. The second-order valence-corrected chi connectivity index (χ2v) is 15.3. The van der Waals surface area contributed by atoms with Gasteiger partial charge in [-0.1, -0.05) is 212 Å². The second-order valence-electron chi connectivity index (χ2n) is 15.3. The number of carbonyl (C=O) groups is 1. The average Bonchev–Trinajstić information content (AvgIpc) is 3.12. The number of rotatable bonds is 40. The fraction of sp³-hybridized carbons (Fsp3) is 0.889. The van der Waals surface area contributed by atoms with Crippen LogP contribution >= 0.6 is 0 Å². The molecule has 5 nitrogen and oxygen atoms in total. The highest BCUT2D eigenvalue weighted by Crippen LogP contribution is 2.16. The van der Waals surface area contributed by atoms with E-state index in [-0.39, 0.29) is 6.61 Å². The monoisotopic (exact) mass is 706 g/mol. The minimum atomic E-state index is -1.08. The molecule has 0 saturated heterocycles. The molecule has 4 N–H and O–H groups in total. The van der Waals surface area contributed by atoms with Gasteiger partial charge in [0.2, 0.25) is 5.91 Å². The molecule has 0 aromatic rings. The van der Waals surface area contributed by atoms with Gasteiger partial charge in [-0.2, -0.15) is 0 Å². The Morgan fingerprint density at radius 1 is 0.480 bits per heavy atom. The van der Waals surface area contributed by atoms with Crippen LogP contribution in [0.5, 0.6) is 0 Å². The van der Waals surface area contributed by atoms with Crippen LogP contribution in [0.1, 0.15) is 232 Å².